The van der Waals surface area contributed by atoms with Crippen LogP contribution >= 0.6 is 0 Å². The Labute approximate surface area is 230 Å². The highest BCUT2D eigenvalue weighted by Crippen LogP contribution is 2.65. The van der Waals surface area contributed by atoms with Gasteiger partial charge in [-0.05, 0) is 55.7 Å². The lowest BCUT2D eigenvalue weighted by atomic mass is 9.78. The molecule has 0 radical (unpaired) electrons. The van der Waals surface area contributed by atoms with E-state index in [-0.39, 0.29) is 11.8 Å². The SMILES string of the molecule is C[C@]12CC[C@](CCOc3ccc4[nH]cc(CC#N)c4c3)(O1)c1c2c(O)n(-c2ccc(C#N)c3ccccc23)c1O. The fourth-order valence-corrected chi connectivity index (χ4v) is 6.72. The van der Waals surface area contributed by atoms with Crippen LogP contribution in [0.25, 0.3) is 27.4 Å². The summed E-state index contributed by atoms with van der Waals surface area (Å²) in [6.45, 7) is 2.29. The number of aromatic amines is 1. The van der Waals surface area contributed by atoms with Gasteiger partial charge in [0.15, 0.2) is 0 Å². The molecular weight excluding hydrogens is 504 g/mol. The first-order valence-corrected chi connectivity index (χ1v) is 13.3. The average molecular weight is 531 g/mol. The smallest absolute Gasteiger partial charge is 0.205 e. The van der Waals surface area contributed by atoms with Crippen molar-refractivity contribution in [2.24, 2.45) is 0 Å². The number of hydrogen-bond donors (Lipinski definition) is 3. The number of nitrogens with one attached hydrogen (secondary N) is 1. The van der Waals surface area contributed by atoms with Crippen molar-refractivity contribution in [3.05, 3.63) is 83.0 Å². The second-order valence-corrected chi connectivity index (χ2v) is 10.8. The molecular formula is C32H26N4O4. The van der Waals surface area contributed by atoms with E-state index in [1.807, 2.05) is 55.6 Å². The minimum atomic E-state index is -0.802. The van der Waals surface area contributed by atoms with Crippen LogP contribution in [0.15, 0.2) is 60.8 Å². The maximum atomic E-state index is 11.7. The van der Waals surface area contributed by atoms with Crippen molar-refractivity contribution in [3.63, 3.8) is 0 Å². The predicted octanol–water partition coefficient (Wildman–Crippen LogP) is 6.16. The molecule has 2 aromatic heterocycles. The number of benzene rings is 3. The summed E-state index contributed by atoms with van der Waals surface area (Å²) in [5, 5.41) is 44.4. The van der Waals surface area contributed by atoms with Crippen molar-refractivity contribution in [1.82, 2.24) is 9.55 Å². The van der Waals surface area contributed by atoms with Crippen LogP contribution in [0.3, 0.4) is 0 Å². The normalized spacial score (nSPS) is 21.0. The van der Waals surface area contributed by atoms with Gasteiger partial charge in [0.2, 0.25) is 11.8 Å². The molecule has 2 aliphatic heterocycles. The van der Waals surface area contributed by atoms with Gasteiger partial charge in [-0.25, -0.2) is 0 Å². The average Bonchev–Trinajstić information content (AvgIpc) is 3.67. The van der Waals surface area contributed by atoms with Crippen LogP contribution in [-0.4, -0.2) is 26.4 Å². The van der Waals surface area contributed by atoms with Gasteiger partial charge in [0.05, 0.1) is 53.1 Å². The van der Waals surface area contributed by atoms with Gasteiger partial charge in [-0.15, -0.1) is 0 Å². The lowest BCUT2D eigenvalue weighted by Crippen LogP contribution is -2.25. The first kappa shape index (κ1) is 24.1. The molecule has 1 saturated heterocycles. The number of H-pyrrole nitrogens is 1. The number of ether oxygens (including phenoxy) is 2. The highest BCUT2D eigenvalue weighted by Gasteiger charge is 2.61. The van der Waals surface area contributed by atoms with Gasteiger partial charge >= 0.3 is 0 Å². The van der Waals surface area contributed by atoms with E-state index in [1.54, 1.807) is 12.1 Å². The first-order chi connectivity index (χ1) is 19.4. The van der Waals surface area contributed by atoms with Crippen molar-refractivity contribution >= 4 is 21.7 Å². The van der Waals surface area contributed by atoms with Gasteiger partial charge in [0.25, 0.3) is 0 Å². The Morgan fingerprint density at radius 2 is 1.80 bits per heavy atom. The quantitative estimate of drug-likeness (QED) is 0.241. The number of aromatic nitrogens is 2. The second-order valence-electron chi connectivity index (χ2n) is 10.8. The molecule has 2 bridgehead atoms. The van der Waals surface area contributed by atoms with Gasteiger partial charge in [-0.2, -0.15) is 10.5 Å². The molecule has 2 atom stereocenters. The van der Waals surface area contributed by atoms with Crippen LogP contribution in [0.5, 0.6) is 17.5 Å². The van der Waals surface area contributed by atoms with Crippen molar-refractivity contribution in [2.75, 3.05) is 6.61 Å². The summed E-state index contributed by atoms with van der Waals surface area (Å²) < 4.78 is 14.2. The summed E-state index contributed by atoms with van der Waals surface area (Å²) in [6.07, 6.45) is 4.04. The Morgan fingerprint density at radius 1 is 1.00 bits per heavy atom. The van der Waals surface area contributed by atoms with Crippen molar-refractivity contribution in [3.8, 4) is 35.3 Å². The Balaban J connectivity index is 1.24. The third-order valence-electron chi connectivity index (χ3n) is 8.58. The van der Waals surface area contributed by atoms with E-state index in [2.05, 4.69) is 17.1 Å². The highest BCUT2D eigenvalue weighted by atomic mass is 16.5. The number of rotatable bonds is 6. The Bertz CT molecular complexity index is 1920. The van der Waals surface area contributed by atoms with E-state index in [0.717, 1.165) is 27.2 Å². The van der Waals surface area contributed by atoms with Crippen molar-refractivity contribution in [2.45, 2.75) is 43.8 Å². The molecule has 0 aliphatic carbocycles. The highest BCUT2D eigenvalue weighted by molar-refractivity contribution is 5.95. The summed E-state index contributed by atoms with van der Waals surface area (Å²) in [7, 11) is 0. The largest absolute Gasteiger partial charge is 0.494 e. The molecule has 0 spiro atoms. The zero-order chi connectivity index (χ0) is 27.6. The fraction of sp³-hybridized carbons (Fsp3) is 0.250. The maximum Gasteiger partial charge on any atom is 0.205 e. The Hall–Kier alpha value is -4.92. The number of nitrogens with zero attached hydrogens (tertiary/aromatic N) is 3. The van der Waals surface area contributed by atoms with E-state index in [1.165, 1.54) is 4.57 Å². The van der Waals surface area contributed by atoms with Gasteiger partial charge in [0, 0.05) is 34.3 Å². The van der Waals surface area contributed by atoms with Crippen molar-refractivity contribution in [1.29, 1.82) is 10.5 Å². The lowest BCUT2D eigenvalue weighted by Gasteiger charge is -2.26. The third kappa shape index (κ3) is 3.27. The summed E-state index contributed by atoms with van der Waals surface area (Å²) in [5.74, 6) is 0.589. The Morgan fingerprint density at radius 3 is 2.60 bits per heavy atom. The van der Waals surface area contributed by atoms with Crippen LogP contribution < -0.4 is 4.74 Å². The van der Waals surface area contributed by atoms with E-state index < -0.39 is 11.2 Å². The fourth-order valence-electron chi connectivity index (χ4n) is 6.72. The van der Waals surface area contributed by atoms with E-state index in [0.29, 0.717) is 60.4 Å². The van der Waals surface area contributed by atoms with Gasteiger partial charge in [-0.1, -0.05) is 24.3 Å². The zero-order valence-electron chi connectivity index (χ0n) is 21.9. The van der Waals surface area contributed by atoms with E-state index >= 15 is 0 Å². The van der Waals surface area contributed by atoms with Crippen LogP contribution in [0.2, 0.25) is 0 Å². The minimum absolute atomic E-state index is 0.0460. The molecule has 0 amide bonds. The van der Waals surface area contributed by atoms with Gasteiger partial charge in [0.1, 0.15) is 11.4 Å². The van der Waals surface area contributed by atoms with Crippen LogP contribution in [0.1, 0.15) is 48.4 Å². The molecule has 1 fully saturated rings. The molecule has 7 rings (SSSR count). The first-order valence-electron chi connectivity index (χ1n) is 13.3. The number of nitriles is 2. The van der Waals surface area contributed by atoms with Gasteiger partial charge in [-0.3, -0.25) is 4.57 Å². The third-order valence-corrected chi connectivity index (χ3v) is 8.58. The summed E-state index contributed by atoms with van der Waals surface area (Å²) in [5.41, 5.74) is 2.68. The van der Waals surface area contributed by atoms with Crippen LogP contribution in [0.4, 0.5) is 0 Å². The second kappa shape index (κ2) is 8.54. The molecule has 0 unspecified atom stereocenters. The number of fused-ring (bicyclic) bond motifs is 7. The molecule has 8 nitrogen and oxygen atoms in total. The van der Waals surface area contributed by atoms with Crippen LogP contribution in [-0.2, 0) is 22.4 Å². The summed E-state index contributed by atoms with van der Waals surface area (Å²) >= 11 is 0. The maximum absolute atomic E-state index is 11.7. The van der Waals surface area contributed by atoms with E-state index in [4.69, 9.17) is 14.7 Å². The van der Waals surface area contributed by atoms with Gasteiger partial charge < -0.3 is 24.7 Å². The standard InChI is InChI=1S/C32H26N4O4/c1-31-11-12-32(40-31,13-15-39-21-7-8-25-24(16-21)20(10-14-33)18-35-25)28-27(31)29(37)36(30(28)38)26-9-6-19(17-34)22-4-2-3-5-23(22)26/h2-9,16,18,35,37-38H,10-13,15H2,1H3/t31-,32-/m1/s1. The topological polar surface area (TPSA) is 127 Å². The molecule has 4 heterocycles. The molecule has 5 aromatic rings. The summed E-state index contributed by atoms with van der Waals surface area (Å²) in [4.78, 5) is 3.19. The van der Waals surface area contributed by atoms with Crippen LogP contribution in [0, 0.1) is 22.7 Å². The molecule has 0 saturated carbocycles. The molecule has 3 N–H and O–H groups in total. The minimum Gasteiger partial charge on any atom is -0.494 e. The molecule has 198 valence electrons. The number of aromatic hydroxyl groups is 2. The number of hydrogen-bond acceptors (Lipinski definition) is 6. The Kier molecular flexibility index (Phi) is 5.15. The molecule has 40 heavy (non-hydrogen) atoms. The zero-order valence-corrected chi connectivity index (χ0v) is 21.9. The molecule has 8 heteroatoms. The van der Waals surface area contributed by atoms with Crippen molar-refractivity contribution < 1.29 is 19.7 Å². The molecule has 3 aromatic carbocycles. The van der Waals surface area contributed by atoms with E-state index in [9.17, 15) is 15.5 Å². The monoisotopic (exact) mass is 530 g/mol. The molecule has 2 aliphatic rings. The summed E-state index contributed by atoms with van der Waals surface area (Å²) in [6, 6.07) is 21.1. The predicted molar refractivity (Wildman–Crippen MR) is 148 cm³/mol. The lowest BCUT2D eigenvalue weighted by molar-refractivity contribution is -0.0876.